The lowest BCUT2D eigenvalue weighted by Gasteiger charge is -2.09. The summed E-state index contributed by atoms with van der Waals surface area (Å²) >= 11 is 0. The maximum absolute atomic E-state index is 12.8. The van der Waals surface area contributed by atoms with Crippen molar-refractivity contribution in [2.75, 3.05) is 12.4 Å². The lowest BCUT2D eigenvalue weighted by Crippen LogP contribution is -2.24. The van der Waals surface area contributed by atoms with Gasteiger partial charge in [0.15, 0.2) is 0 Å². The lowest BCUT2D eigenvalue weighted by molar-refractivity contribution is 0.0692. The maximum atomic E-state index is 12.8. The van der Waals surface area contributed by atoms with Gasteiger partial charge in [0.2, 0.25) is 0 Å². The van der Waals surface area contributed by atoms with E-state index in [2.05, 4.69) is 10.3 Å². The molecule has 26 heavy (non-hydrogen) atoms. The van der Waals surface area contributed by atoms with Gasteiger partial charge in [-0.15, -0.1) is 0 Å². The number of fused-ring (bicyclic) bond motifs is 2. The number of nitrogens with one attached hydrogen (secondary N) is 1. The van der Waals surface area contributed by atoms with Gasteiger partial charge >= 0.3 is 0 Å². The third kappa shape index (κ3) is 2.43. The van der Waals surface area contributed by atoms with Crippen molar-refractivity contribution in [2.24, 2.45) is 0 Å². The van der Waals surface area contributed by atoms with Crippen LogP contribution in [-0.2, 0) is 0 Å². The quantitative estimate of drug-likeness (QED) is 0.724. The zero-order valence-electron chi connectivity index (χ0n) is 14.2. The molecule has 2 heterocycles. The minimum Gasteiger partial charge on any atom is -0.322 e. The molecule has 128 valence electrons. The Kier molecular flexibility index (Phi) is 3.54. The normalized spacial score (nSPS) is 13.2. The fourth-order valence-corrected chi connectivity index (χ4v) is 3.13. The molecule has 0 spiro atoms. The van der Waals surface area contributed by atoms with Crippen molar-refractivity contribution in [2.45, 2.75) is 6.92 Å². The molecule has 0 saturated carbocycles. The van der Waals surface area contributed by atoms with Crippen LogP contribution in [0.3, 0.4) is 0 Å². The Balaban J connectivity index is 1.71. The highest BCUT2D eigenvalue weighted by molar-refractivity contribution is 6.22. The van der Waals surface area contributed by atoms with Crippen LogP contribution in [0.15, 0.2) is 48.5 Å². The van der Waals surface area contributed by atoms with E-state index < -0.39 is 0 Å². The predicted molar refractivity (Wildman–Crippen MR) is 97.3 cm³/mol. The summed E-state index contributed by atoms with van der Waals surface area (Å²) in [6, 6.07) is 13.9. The number of aryl methyl sites for hydroxylation is 1. The first-order chi connectivity index (χ1) is 12.5. The van der Waals surface area contributed by atoms with Crippen LogP contribution in [0, 0.1) is 6.92 Å². The summed E-state index contributed by atoms with van der Waals surface area (Å²) in [6.45, 7) is 1.83. The molecule has 0 bridgehead atoms. The predicted octanol–water partition coefficient (Wildman–Crippen LogP) is 3.02. The second-order valence-electron chi connectivity index (χ2n) is 6.21. The standard InChI is InChI=1S/C20H15N3O3/c1-11-9-15(13-5-3-4-6-17(13)21-11)18(24)22-12-7-8-14-16(10-12)20(26)23(2)19(14)25/h3-10H,1-2H3,(H,22,24). The van der Waals surface area contributed by atoms with E-state index in [-0.39, 0.29) is 17.7 Å². The van der Waals surface area contributed by atoms with Crippen LogP contribution in [0.2, 0.25) is 0 Å². The second-order valence-corrected chi connectivity index (χ2v) is 6.21. The van der Waals surface area contributed by atoms with Gasteiger partial charge in [-0.25, -0.2) is 0 Å². The summed E-state index contributed by atoms with van der Waals surface area (Å²) < 4.78 is 0. The van der Waals surface area contributed by atoms with Crippen molar-refractivity contribution < 1.29 is 14.4 Å². The Morgan fingerprint density at radius 1 is 1.00 bits per heavy atom. The SMILES string of the molecule is Cc1cc(C(=O)Nc2ccc3c(c2)C(=O)N(C)C3=O)c2ccccc2n1. The number of amides is 3. The first-order valence-corrected chi connectivity index (χ1v) is 8.10. The highest BCUT2D eigenvalue weighted by Crippen LogP contribution is 2.26. The molecule has 0 atom stereocenters. The fraction of sp³-hybridized carbons (Fsp3) is 0.100. The zero-order chi connectivity index (χ0) is 18.4. The third-order valence-corrected chi connectivity index (χ3v) is 4.44. The van der Waals surface area contributed by atoms with E-state index in [0.29, 0.717) is 22.4 Å². The summed E-state index contributed by atoms with van der Waals surface area (Å²) in [5, 5.41) is 3.56. The van der Waals surface area contributed by atoms with Crippen LogP contribution in [0.1, 0.15) is 36.8 Å². The largest absolute Gasteiger partial charge is 0.322 e. The van der Waals surface area contributed by atoms with Crippen molar-refractivity contribution >= 4 is 34.3 Å². The number of nitrogens with zero attached hydrogens (tertiary/aromatic N) is 2. The van der Waals surface area contributed by atoms with Crippen molar-refractivity contribution in [1.29, 1.82) is 0 Å². The number of carbonyl (C=O) groups is 3. The Labute approximate surface area is 149 Å². The molecule has 0 aliphatic carbocycles. The number of carbonyl (C=O) groups excluding carboxylic acids is 3. The Bertz CT molecular complexity index is 1100. The van der Waals surface area contributed by atoms with Gasteiger partial charge in [-0.3, -0.25) is 24.3 Å². The number of rotatable bonds is 2. The van der Waals surface area contributed by atoms with E-state index >= 15 is 0 Å². The van der Waals surface area contributed by atoms with Gasteiger partial charge in [0.1, 0.15) is 0 Å². The molecule has 3 amide bonds. The van der Waals surface area contributed by atoms with E-state index in [9.17, 15) is 14.4 Å². The number of hydrogen-bond acceptors (Lipinski definition) is 4. The minimum absolute atomic E-state index is 0.295. The molecule has 3 aromatic rings. The van der Waals surface area contributed by atoms with Crippen LogP contribution in [-0.4, -0.2) is 34.7 Å². The van der Waals surface area contributed by atoms with E-state index in [1.54, 1.807) is 18.2 Å². The average molecular weight is 345 g/mol. The molecule has 0 fully saturated rings. The van der Waals surface area contributed by atoms with Crippen molar-refractivity contribution in [1.82, 2.24) is 9.88 Å². The number of para-hydroxylation sites is 1. The van der Waals surface area contributed by atoms with Gasteiger partial charge in [-0.05, 0) is 37.3 Å². The van der Waals surface area contributed by atoms with Crippen LogP contribution >= 0.6 is 0 Å². The summed E-state index contributed by atoms with van der Waals surface area (Å²) in [4.78, 5) is 42.4. The van der Waals surface area contributed by atoms with Crippen molar-refractivity contribution in [3.05, 3.63) is 70.9 Å². The highest BCUT2D eigenvalue weighted by atomic mass is 16.2. The van der Waals surface area contributed by atoms with Crippen molar-refractivity contribution in [3.8, 4) is 0 Å². The number of pyridine rings is 1. The van der Waals surface area contributed by atoms with Gasteiger partial charge in [-0.2, -0.15) is 0 Å². The summed E-state index contributed by atoms with van der Waals surface area (Å²) in [5.41, 5.74) is 3.10. The Hall–Kier alpha value is -3.54. The van der Waals surface area contributed by atoms with E-state index in [4.69, 9.17) is 0 Å². The van der Waals surface area contributed by atoms with Crippen molar-refractivity contribution in [3.63, 3.8) is 0 Å². The molecule has 1 aliphatic heterocycles. The van der Waals surface area contributed by atoms with E-state index in [1.807, 2.05) is 31.2 Å². The first-order valence-electron chi connectivity index (χ1n) is 8.10. The summed E-state index contributed by atoms with van der Waals surface area (Å²) in [6.07, 6.45) is 0. The van der Waals surface area contributed by atoms with E-state index in [1.165, 1.54) is 13.1 Å². The van der Waals surface area contributed by atoms with Gasteiger partial charge in [0, 0.05) is 23.8 Å². The lowest BCUT2D eigenvalue weighted by atomic mass is 10.1. The fourth-order valence-electron chi connectivity index (χ4n) is 3.13. The summed E-state index contributed by atoms with van der Waals surface area (Å²) in [5.74, 6) is -0.998. The average Bonchev–Trinajstić information content (AvgIpc) is 2.85. The zero-order valence-corrected chi connectivity index (χ0v) is 14.2. The van der Waals surface area contributed by atoms with Crippen LogP contribution in [0.5, 0.6) is 0 Å². The van der Waals surface area contributed by atoms with E-state index in [0.717, 1.165) is 21.5 Å². The van der Waals surface area contributed by atoms with Crippen LogP contribution in [0.25, 0.3) is 10.9 Å². The molecule has 1 aliphatic rings. The molecule has 1 aromatic heterocycles. The van der Waals surface area contributed by atoms with Crippen LogP contribution in [0.4, 0.5) is 5.69 Å². The molecule has 4 rings (SSSR count). The number of imide groups is 1. The first kappa shape index (κ1) is 16.0. The second kappa shape index (κ2) is 5.77. The molecule has 0 unspecified atom stereocenters. The number of anilines is 1. The molecule has 0 radical (unpaired) electrons. The smallest absolute Gasteiger partial charge is 0.261 e. The number of benzene rings is 2. The summed E-state index contributed by atoms with van der Waals surface area (Å²) in [7, 11) is 1.44. The van der Waals surface area contributed by atoms with Crippen LogP contribution < -0.4 is 5.32 Å². The minimum atomic E-state index is -0.369. The molecular formula is C20H15N3O3. The molecule has 1 N–H and O–H groups in total. The molecule has 0 saturated heterocycles. The maximum Gasteiger partial charge on any atom is 0.261 e. The van der Waals surface area contributed by atoms with Gasteiger partial charge in [0.05, 0.1) is 22.2 Å². The van der Waals surface area contributed by atoms with Gasteiger partial charge < -0.3 is 5.32 Å². The molecule has 6 nitrogen and oxygen atoms in total. The monoisotopic (exact) mass is 345 g/mol. The number of hydrogen-bond donors (Lipinski definition) is 1. The molecular weight excluding hydrogens is 330 g/mol. The number of aromatic nitrogens is 1. The Morgan fingerprint density at radius 3 is 2.54 bits per heavy atom. The molecule has 2 aromatic carbocycles. The van der Waals surface area contributed by atoms with Gasteiger partial charge in [-0.1, -0.05) is 18.2 Å². The molecule has 6 heteroatoms. The Morgan fingerprint density at radius 2 is 1.73 bits per heavy atom. The third-order valence-electron chi connectivity index (χ3n) is 4.44. The van der Waals surface area contributed by atoms with Gasteiger partial charge in [0.25, 0.3) is 17.7 Å². The highest BCUT2D eigenvalue weighted by Gasteiger charge is 2.32. The topological polar surface area (TPSA) is 79.4 Å².